The second-order valence-corrected chi connectivity index (χ2v) is 2.74. The Bertz CT molecular complexity index is 380. The molecule has 0 radical (unpaired) electrons. The molecule has 2 aromatic rings. The minimum Gasteiger partial charge on any atom is -0.348 e. The van der Waals surface area contributed by atoms with Crippen LogP contribution in [0.3, 0.4) is 0 Å². The lowest BCUT2D eigenvalue weighted by Crippen LogP contribution is -2.07. The Morgan fingerprint density at radius 3 is 3.14 bits per heavy atom. The average molecular weight is 193 g/mol. The minimum atomic E-state index is 0.521. The fourth-order valence-corrected chi connectivity index (χ4v) is 1.16. The summed E-state index contributed by atoms with van der Waals surface area (Å²) in [6, 6.07) is 0. The first-order chi connectivity index (χ1) is 6.90. The number of nitrogens with zero attached hydrogens (tertiary/aromatic N) is 4. The molecule has 0 aliphatic rings. The first-order valence-corrected chi connectivity index (χ1v) is 4.40. The number of nitrogens with one attached hydrogen (secondary N) is 1. The number of rotatable bonds is 4. The van der Waals surface area contributed by atoms with Gasteiger partial charge in [-0.05, 0) is 6.92 Å². The summed E-state index contributed by atoms with van der Waals surface area (Å²) in [5, 5.41) is 6.80. The van der Waals surface area contributed by atoms with Crippen molar-refractivity contribution < 1.29 is 4.52 Å². The molecule has 0 saturated carbocycles. The molecule has 2 rings (SSSR count). The molecular weight excluding hydrogens is 182 g/mol. The maximum absolute atomic E-state index is 4.61. The summed E-state index contributed by atoms with van der Waals surface area (Å²) in [5.74, 6) is 1.44. The van der Waals surface area contributed by atoms with Crippen molar-refractivity contribution >= 4 is 5.95 Å². The van der Waals surface area contributed by atoms with Crippen molar-refractivity contribution in [3.8, 4) is 0 Å². The summed E-state index contributed by atoms with van der Waals surface area (Å²) in [6.07, 6.45) is 4.98. The zero-order chi connectivity index (χ0) is 9.80. The first-order valence-electron chi connectivity index (χ1n) is 4.40. The van der Waals surface area contributed by atoms with Crippen molar-refractivity contribution in [2.75, 3.05) is 5.32 Å². The van der Waals surface area contributed by atoms with E-state index in [2.05, 4.69) is 31.9 Å². The highest BCUT2D eigenvalue weighted by atomic mass is 16.5. The molecular formula is C8H11N5O. The van der Waals surface area contributed by atoms with Crippen LogP contribution in [0.2, 0.25) is 0 Å². The zero-order valence-electron chi connectivity index (χ0n) is 7.84. The van der Waals surface area contributed by atoms with E-state index in [9.17, 15) is 0 Å². The number of imidazole rings is 1. The van der Waals surface area contributed by atoms with Crippen LogP contribution in [-0.4, -0.2) is 19.7 Å². The second-order valence-electron chi connectivity index (χ2n) is 2.74. The topological polar surface area (TPSA) is 68.8 Å². The molecule has 74 valence electrons. The van der Waals surface area contributed by atoms with E-state index in [1.165, 1.54) is 6.39 Å². The predicted octanol–water partition coefficient (Wildman–Crippen LogP) is 0.898. The van der Waals surface area contributed by atoms with Gasteiger partial charge in [-0.3, -0.25) is 0 Å². The molecule has 6 nitrogen and oxygen atoms in total. The molecule has 2 heterocycles. The Labute approximate surface area is 81.0 Å². The molecule has 0 unspecified atom stereocenters. The normalized spacial score (nSPS) is 10.4. The molecule has 0 aliphatic heterocycles. The van der Waals surface area contributed by atoms with E-state index in [1.54, 1.807) is 6.20 Å². The maximum Gasteiger partial charge on any atom is 0.213 e. The van der Waals surface area contributed by atoms with Crippen LogP contribution >= 0.6 is 0 Å². The van der Waals surface area contributed by atoms with Crippen molar-refractivity contribution in [1.82, 2.24) is 19.7 Å². The molecule has 0 bridgehead atoms. The van der Waals surface area contributed by atoms with Gasteiger partial charge in [0.05, 0.1) is 6.54 Å². The average Bonchev–Trinajstić information content (AvgIpc) is 2.85. The quantitative estimate of drug-likeness (QED) is 0.781. The molecule has 2 aromatic heterocycles. The van der Waals surface area contributed by atoms with Crippen molar-refractivity contribution in [1.29, 1.82) is 0 Å². The lowest BCUT2D eigenvalue weighted by atomic mass is 10.6. The number of aromatic nitrogens is 4. The van der Waals surface area contributed by atoms with Gasteiger partial charge in [-0.2, -0.15) is 4.98 Å². The smallest absolute Gasteiger partial charge is 0.213 e. The summed E-state index contributed by atoms with van der Waals surface area (Å²) in [7, 11) is 0. The van der Waals surface area contributed by atoms with Crippen LogP contribution in [0.5, 0.6) is 0 Å². The zero-order valence-corrected chi connectivity index (χ0v) is 7.84. The van der Waals surface area contributed by atoms with E-state index in [0.29, 0.717) is 12.4 Å². The van der Waals surface area contributed by atoms with Gasteiger partial charge in [0.1, 0.15) is 0 Å². The highest BCUT2D eigenvalue weighted by molar-refractivity contribution is 5.25. The summed E-state index contributed by atoms with van der Waals surface area (Å²) < 4.78 is 6.61. The Kier molecular flexibility index (Phi) is 2.44. The van der Waals surface area contributed by atoms with E-state index in [0.717, 1.165) is 12.5 Å². The fourth-order valence-electron chi connectivity index (χ4n) is 1.16. The fraction of sp³-hybridized carbons (Fsp3) is 0.375. The number of aryl methyl sites for hydroxylation is 1. The van der Waals surface area contributed by atoms with Crippen LogP contribution in [0.1, 0.15) is 12.7 Å². The number of hydrogen-bond acceptors (Lipinski definition) is 5. The Morgan fingerprint density at radius 1 is 1.50 bits per heavy atom. The predicted molar refractivity (Wildman–Crippen MR) is 49.5 cm³/mol. The van der Waals surface area contributed by atoms with Crippen molar-refractivity contribution in [2.45, 2.75) is 20.0 Å². The van der Waals surface area contributed by atoms with Crippen LogP contribution in [0, 0.1) is 0 Å². The number of anilines is 1. The van der Waals surface area contributed by atoms with Gasteiger partial charge in [0.2, 0.25) is 12.3 Å². The van der Waals surface area contributed by atoms with E-state index in [-0.39, 0.29) is 0 Å². The minimum absolute atomic E-state index is 0.521. The lowest BCUT2D eigenvalue weighted by molar-refractivity contribution is 0.411. The summed E-state index contributed by atoms with van der Waals surface area (Å²) >= 11 is 0. The highest BCUT2D eigenvalue weighted by Gasteiger charge is 2.02. The summed E-state index contributed by atoms with van der Waals surface area (Å²) in [5.41, 5.74) is 0. The van der Waals surface area contributed by atoms with Gasteiger partial charge >= 0.3 is 0 Å². The molecule has 1 N–H and O–H groups in total. The Hall–Kier alpha value is -1.85. The van der Waals surface area contributed by atoms with E-state index in [1.807, 2.05) is 10.8 Å². The summed E-state index contributed by atoms with van der Waals surface area (Å²) in [4.78, 5) is 8.05. The molecule has 0 atom stereocenters. The van der Waals surface area contributed by atoms with Gasteiger partial charge in [-0.15, -0.1) is 0 Å². The Balaban J connectivity index is 1.98. The first kappa shape index (κ1) is 8.74. The monoisotopic (exact) mass is 193 g/mol. The molecule has 0 fully saturated rings. The third-order valence-electron chi connectivity index (χ3n) is 1.87. The maximum atomic E-state index is 4.61. The highest BCUT2D eigenvalue weighted by Crippen LogP contribution is 2.04. The molecule has 0 aromatic carbocycles. The molecule has 6 heteroatoms. The third-order valence-corrected chi connectivity index (χ3v) is 1.87. The molecule has 0 spiro atoms. The van der Waals surface area contributed by atoms with Crippen LogP contribution < -0.4 is 5.32 Å². The summed E-state index contributed by atoms with van der Waals surface area (Å²) in [6.45, 7) is 3.46. The third kappa shape index (κ3) is 1.73. The van der Waals surface area contributed by atoms with E-state index >= 15 is 0 Å². The largest absolute Gasteiger partial charge is 0.348 e. The van der Waals surface area contributed by atoms with Crippen molar-refractivity contribution in [2.24, 2.45) is 0 Å². The Morgan fingerprint density at radius 2 is 2.43 bits per heavy atom. The lowest BCUT2D eigenvalue weighted by Gasteiger charge is -2.04. The van der Waals surface area contributed by atoms with Gasteiger partial charge in [0.15, 0.2) is 5.82 Å². The molecule has 14 heavy (non-hydrogen) atoms. The molecule has 0 amide bonds. The van der Waals surface area contributed by atoms with E-state index in [4.69, 9.17) is 0 Å². The molecule has 0 aliphatic carbocycles. The van der Waals surface area contributed by atoms with Gasteiger partial charge in [-0.25, -0.2) is 4.98 Å². The van der Waals surface area contributed by atoms with Crippen LogP contribution in [0.4, 0.5) is 5.95 Å². The van der Waals surface area contributed by atoms with Gasteiger partial charge in [0.25, 0.3) is 0 Å². The number of hydrogen-bond donors (Lipinski definition) is 1. The van der Waals surface area contributed by atoms with Crippen LogP contribution in [-0.2, 0) is 13.1 Å². The standard InChI is InChI=1S/C8H11N5O/c1-2-13-4-3-9-8(13)10-5-7-11-6-14-12-7/h3-4,6H,2,5H2,1H3,(H,9,10). The SMILES string of the molecule is CCn1ccnc1NCc1ncon1. The van der Waals surface area contributed by atoms with Gasteiger partial charge in [0, 0.05) is 18.9 Å². The van der Waals surface area contributed by atoms with Gasteiger partial charge in [-0.1, -0.05) is 5.16 Å². The molecule has 0 saturated heterocycles. The van der Waals surface area contributed by atoms with Gasteiger partial charge < -0.3 is 14.4 Å². The van der Waals surface area contributed by atoms with Crippen molar-refractivity contribution in [3.05, 3.63) is 24.6 Å². The van der Waals surface area contributed by atoms with Crippen LogP contribution in [0.15, 0.2) is 23.3 Å². The van der Waals surface area contributed by atoms with E-state index < -0.39 is 0 Å². The van der Waals surface area contributed by atoms with Crippen LogP contribution in [0.25, 0.3) is 0 Å². The van der Waals surface area contributed by atoms with Crippen molar-refractivity contribution in [3.63, 3.8) is 0 Å². The second kappa shape index (κ2) is 3.91.